The first-order valence-corrected chi connectivity index (χ1v) is 7.79. The molecule has 5 heteroatoms. The Balaban J connectivity index is 1.66. The highest BCUT2D eigenvalue weighted by Crippen LogP contribution is 2.21. The molecule has 0 bridgehead atoms. The number of hydrogen-bond acceptors (Lipinski definition) is 5. The molecule has 1 atom stereocenters. The van der Waals surface area contributed by atoms with Gasteiger partial charge < -0.3 is 15.4 Å². The van der Waals surface area contributed by atoms with Gasteiger partial charge in [0, 0.05) is 18.2 Å². The van der Waals surface area contributed by atoms with Gasteiger partial charge in [-0.1, -0.05) is 0 Å². The van der Waals surface area contributed by atoms with Crippen molar-refractivity contribution in [3.05, 3.63) is 36.4 Å². The van der Waals surface area contributed by atoms with E-state index in [0.29, 0.717) is 6.04 Å². The molecule has 0 saturated carbocycles. The van der Waals surface area contributed by atoms with Gasteiger partial charge in [-0.3, -0.25) is 0 Å². The molecule has 0 radical (unpaired) electrons. The molecule has 5 nitrogen and oxygen atoms in total. The number of aromatic nitrogens is 2. The van der Waals surface area contributed by atoms with Crippen LogP contribution in [0.15, 0.2) is 36.4 Å². The van der Waals surface area contributed by atoms with Gasteiger partial charge in [0.25, 0.3) is 0 Å². The van der Waals surface area contributed by atoms with Crippen LogP contribution in [-0.4, -0.2) is 35.4 Å². The Hall–Kier alpha value is -2.14. The van der Waals surface area contributed by atoms with Gasteiger partial charge in [0.2, 0.25) is 0 Å². The van der Waals surface area contributed by atoms with E-state index < -0.39 is 0 Å². The van der Waals surface area contributed by atoms with Crippen LogP contribution in [0, 0.1) is 0 Å². The summed E-state index contributed by atoms with van der Waals surface area (Å²) >= 11 is 0. The lowest BCUT2D eigenvalue weighted by Gasteiger charge is -2.12. The fourth-order valence-corrected chi connectivity index (χ4v) is 2.53. The summed E-state index contributed by atoms with van der Waals surface area (Å²) in [6.07, 6.45) is 1.31. The van der Waals surface area contributed by atoms with Crippen molar-refractivity contribution in [1.29, 1.82) is 0 Å². The van der Waals surface area contributed by atoms with Crippen LogP contribution in [0.1, 0.15) is 20.3 Å². The van der Waals surface area contributed by atoms with Crippen LogP contribution >= 0.6 is 0 Å². The van der Waals surface area contributed by atoms with Crippen LogP contribution in [0.2, 0.25) is 0 Å². The highest BCUT2D eigenvalue weighted by molar-refractivity contribution is 5.60. The van der Waals surface area contributed by atoms with Crippen LogP contribution in [0.25, 0.3) is 11.3 Å². The highest BCUT2D eigenvalue weighted by Gasteiger charge is 2.14. The van der Waals surface area contributed by atoms with Crippen molar-refractivity contribution in [2.24, 2.45) is 0 Å². The Bertz CT molecular complexity index is 589. The monoisotopic (exact) mass is 298 g/mol. The van der Waals surface area contributed by atoms with Crippen molar-refractivity contribution in [1.82, 2.24) is 15.5 Å². The number of anilines is 1. The van der Waals surface area contributed by atoms with E-state index in [-0.39, 0.29) is 6.10 Å². The molecule has 1 aliphatic rings. The lowest BCUT2D eigenvalue weighted by Crippen LogP contribution is -2.22. The molecule has 2 heterocycles. The SMILES string of the molecule is CC(C)Oc1ccc(-c2ccc(NC3CCNC3)nn2)cc1. The predicted octanol–water partition coefficient (Wildman–Crippen LogP) is 2.70. The van der Waals surface area contributed by atoms with Gasteiger partial charge in [0.05, 0.1) is 11.8 Å². The Kier molecular flexibility index (Phi) is 4.53. The van der Waals surface area contributed by atoms with Crippen LogP contribution in [0.3, 0.4) is 0 Å². The minimum Gasteiger partial charge on any atom is -0.491 e. The summed E-state index contributed by atoms with van der Waals surface area (Å²) in [6, 6.07) is 12.4. The van der Waals surface area contributed by atoms with Crippen molar-refractivity contribution in [3.63, 3.8) is 0 Å². The molecule has 1 fully saturated rings. The summed E-state index contributed by atoms with van der Waals surface area (Å²) in [7, 11) is 0. The highest BCUT2D eigenvalue weighted by atomic mass is 16.5. The van der Waals surface area contributed by atoms with Gasteiger partial charge in [-0.2, -0.15) is 0 Å². The van der Waals surface area contributed by atoms with Gasteiger partial charge in [-0.25, -0.2) is 0 Å². The third-order valence-corrected chi connectivity index (χ3v) is 3.60. The molecule has 3 rings (SSSR count). The van der Waals surface area contributed by atoms with E-state index in [1.54, 1.807) is 0 Å². The number of nitrogens with zero attached hydrogens (tertiary/aromatic N) is 2. The normalized spacial score (nSPS) is 17.7. The Morgan fingerprint density at radius 2 is 1.95 bits per heavy atom. The zero-order valence-electron chi connectivity index (χ0n) is 13.0. The number of rotatable bonds is 5. The number of hydrogen-bond donors (Lipinski definition) is 2. The summed E-state index contributed by atoms with van der Waals surface area (Å²) < 4.78 is 5.65. The van der Waals surface area contributed by atoms with Gasteiger partial charge in [-0.15, -0.1) is 10.2 Å². The van der Waals surface area contributed by atoms with E-state index in [0.717, 1.165) is 42.3 Å². The average Bonchev–Trinajstić information content (AvgIpc) is 3.01. The maximum Gasteiger partial charge on any atom is 0.148 e. The minimum absolute atomic E-state index is 0.182. The summed E-state index contributed by atoms with van der Waals surface area (Å²) in [5.74, 6) is 1.70. The van der Waals surface area contributed by atoms with Crippen LogP contribution in [0.5, 0.6) is 5.75 Å². The maximum absolute atomic E-state index is 5.65. The first-order chi connectivity index (χ1) is 10.7. The van der Waals surface area contributed by atoms with E-state index >= 15 is 0 Å². The van der Waals surface area contributed by atoms with Crippen LogP contribution < -0.4 is 15.4 Å². The maximum atomic E-state index is 5.65. The molecule has 2 aromatic rings. The zero-order valence-corrected chi connectivity index (χ0v) is 13.0. The fourth-order valence-electron chi connectivity index (χ4n) is 2.53. The lowest BCUT2D eigenvalue weighted by atomic mass is 10.1. The molecule has 1 unspecified atom stereocenters. The second kappa shape index (κ2) is 6.75. The molecule has 1 aromatic heterocycles. The third kappa shape index (κ3) is 3.74. The van der Waals surface area contributed by atoms with Crippen molar-refractivity contribution in [2.45, 2.75) is 32.4 Å². The molecule has 2 N–H and O–H groups in total. The second-order valence-corrected chi connectivity index (χ2v) is 5.83. The predicted molar refractivity (Wildman–Crippen MR) is 88.1 cm³/mol. The molecule has 0 spiro atoms. The largest absolute Gasteiger partial charge is 0.491 e. The van der Waals surface area contributed by atoms with Crippen LogP contribution in [-0.2, 0) is 0 Å². The topological polar surface area (TPSA) is 59.1 Å². The molecule has 22 heavy (non-hydrogen) atoms. The summed E-state index contributed by atoms with van der Waals surface area (Å²) in [5, 5.41) is 15.3. The Morgan fingerprint density at radius 3 is 2.55 bits per heavy atom. The van der Waals surface area contributed by atoms with E-state index in [1.807, 2.05) is 50.2 Å². The molecular formula is C17H22N4O. The van der Waals surface area contributed by atoms with Gasteiger partial charge in [-0.05, 0) is 63.2 Å². The van der Waals surface area contributed by atoms with E-state index in [9.17, 15) is 0 Å². The Morgan fingerprint density at radius 1 is 1.14 bits per heavy atom. The van der Waals surface area contributed by atoms with Crippen molar-refractivity contribution in [3.8, 4) is 17.0 Å². The zero-order chi connectivity index (χ0) is 15.4. The van der Waals surface area contributed by atoms with Crippen LogP contribution in [0.4, 0.5) is 5.82 Å². The van der Waals surface area contributed by atoms with Gasteiger partial charge >= 0.3 is 0 Å². The smallest absolute Gasteiger partial charge is 0.148 e. The van der Waals surface area contributed by atoms with Gasteiger partial charge in [0.15, 0.2) is 0 Å². The van der Waals surface area contributed by atoms with E-state index in [1.165, 1.54) is 0 Å². The fraction of sp³-hybridized carbons (Fsp3) is 0.412. The first kappa shape index (κ1) is 14.8. The number of nitrogens with one attached hydrogen (secondary N) is 2. The molecule has 1 aliphatic heterocycles. The minimum atomic E-state index is 0.182. The first-order valence-electron chi connectivity index (χ1n) is 7.79. The summed E-state index contributed by atoms with van der Waals surface area (Å²) in [5.41, 5.74) is 1.91. The quantitative estimate of drug-likeness (QED) is 0.889. The average molecular weight is 298 g/mol. The number of ether oxygens (including phenoxy) is 1. The molecular weight excluding hydrogens is 276 g/mol. The standard InChI is InChI=1S/C17H22N4O/c1-12(2)22-15-5-3-13(4-6-15)16-7-8-17(21-20-16)19-14-9-10-18-11-14/h3-8,12,14,18H,9-11H2,1-2H3,(H,19,21). The Labute approximate surface area is 131 Å². The molecule has 1 saturated heterocycles. The second-order valence-electron chi connectivity index (χ2n) is 5.83. The van der Waals surface area contributed by atoms with Crippen molar-refractivity contribution >= 4 is 5.82 Å². The molecule has 1 aromatic carbocycles. The van der Waals surface area contributed by atoms with Crippen molar-refractivity contribution in [2.75, 3.05) is 18.4 Å². The summed E-state index contributed by atoms with van der Waals surface area (Å²) in [4.78, 5) is 0. The molecule has 0 amide bonds. The van der Waals surface area contributed by atoms with E-state index in [2.05, 4.69) is 20.8 Å². The third-order valence-electron chi connectivity index (χ3n) is 3.60. The number of benzene rings is 1. The summed E-state index contributed by atoms with van der Waals surface area (Å²) in [6.45, 7) is 6.09. The van der Waals surface area contributed by atoms with Crippen molar-refractivity contribution < 1.29 is 4.74 Å². The molecule has 116 valence electrons. The molecule has 0 aliphatic carbocycles. The van der Waals surface area contributed by atoms with Gasteiger partial charge in [0.1, 0.15) is 11.6 Å². The lowest BCUT2D eigenvalue weighted by molar-refractivity contribution is 0.242. The van der Waals surface area contributed by atoms with E-state index in [4.69, 9.17) is 4.74 Å².